The third-order valence-electron chi connectivity index (χ3n) is 5.91. The zero-order valence-electron chi connectivity index (χ0n) is 18.4. The Morgan fingerprint density at radius 3 is 1.85 bits per heavy atom. The lowest BCUT2D eigenvalue weighted by atomic mass is 9.96. The molecule has 176 valence electrons. The molecular formula is C28H22F6. The van der Waals surface area contributed by atoms with Gasteiger partial charge in [0.25, 0.3) is 0 Å². The fraction of sp³-hybridized carbons (Fsp3) is 0.214. The first-order valence-corrected chi connectivity index (χ1v) is 11.1. The number of unbranched alkanes of at least 4 members (excludes halogenated alkanes) is 2. The van der Waals surface area contributed by atoms with Crippen LogP contribution in [0.25, 0.3) is 33.0 Å². The first-order chi connectivity index (χ1) is 16.2. The Morgan fingerprint density at radius 2 is 1.21 bits per heavy atom. The molecule has 0 nitrogen and oxygen atoms in total. The first kappa shape index (κ1) is 23.9. The van der Waals surface area contributed by atoms with Crippen LogP contribution in [0.5, 0.6) is 0 Å². The van der Waals surface area contributed by atoms with Crippen molar-refractivity contribution in [3.63, 3.8) is 0 Å². The maximum absolute atomic E-state index is 14.9. The van der Waals surface area contributed by atoms with Gasteiger partial charge in [-0.05, 0) is 70.1 Å². The predicted molar refractivity (Wildman–Crippen MR) is 123 cm³/mol. The van der Waals surface area contributed by atoms with Gasteiger partial charge in [0.2, 0.25) is 0 Å². The fourth-order valence-corrected chi connectivity index (χ4v) is 4.14. The summed E-state index contributed by atoms with van der Waals surface area (Å²) in [7, 11) is 0. The lowest BCUT2D eigenvalue weighted by molar-refractivity contribution is -0.142. The molecule has 0 bridgehead atoms. The second kappa shape index (κ2) is 9.53. The van der Waals surface area contributed by atoms with Crippen LogP contribution >= 0.6 is 0 Å². The van der Waals surface area contributed by atoms with Crippen molar-refractivity contribution in [2.45, 2.75) is 38.8 Å². The molecule has 34 heavy (non-hydrogen) atoms. The molecule has 4 rings (SSSR count). The Hall–Kier alpha value is -3.28. The molecule has 4 aromatic rings. The van der Waals surface area contributed by atoms with E-state index in [1.807, 2.05) is 24.3 Å². The van der Waals surface area contributed by atoms with E-state index in [0.717, 1.165) is 35.6 Å². The first-order valence-electron chi connectivity index (χ1n) is 11.1. The summed E-state index contributed by atoms with van der Waals surface area (Å²) in [6.07, 6.45) is -0.678. The minimum absolute atomic E-state index is 0.187. The normalized spacial score (nSPS) is 11.9. The molecule has 0 heterocycles. The molecule has 0 aromatic heterocycles. The molecule has 0 radical (unpaired) electrons. The van der Waals surface area contributed by atoms with E-state index in [-0.39, 0.29) is 11.1 Å². The standard InChI is InChI=1S/C28H22F6/c1-2-3-4-5-17-6-7-19-13-20(9-8-18(19)12-17)21-10-11-23(24(29)14-21)22-15-25(30)27(26(31)16-22)28(32,33)34/h6-16H,2-5H2,1H3. The summed E-state index contributed by atoms with van der Waals surface area (Å²) in [5.41, 5.74) is 0.0801. The van der Waals surface area contributed by atoms with E-state index in [1.54, 1.807) is 6.07 Å². The van der Waals surface area contributed by atoms with Crippen LogP contribution in [0.2, 0.25) is 0 Å². The van der Waals surface area contributed by atoms with Crippen molar-refractivity contribution < 1.29 is 26.3 Å². The average molecular weight is 472 g/mol. The number of rotatable bonds is 6. The van der Waals surface area contributed by atoms with Crippen molar-refractivity contribution >= 4 is 10.8 Å². The zero-order chi connectivity index (χ0) is 24.5. The zero-order valence-corrected chi connectivity index (χ0v) is 18.4. The lowest BCUT2D eigenvalue weighted by Gasteiger charge is -2.12. The monoisotopic (exact) mass is 472 g/mol. The number of hydrogen-bond acceptors (Lipinski definition) is 0. The van der Waals surface area contributed by atoms with Crippen molar-refractivity contribution in [2.24, 2.45) is 0 Å². The predicted octanol–water partition coefficient (Wildman–Crippen LogP) is 9.34. The lowest BCUT2D eigenvalue weighted by Crippen LogP contribution is -2.11. The smallest absolute Gasteiger partial charge is 0.206 e. The molecule has 0 saturated heterocycles. The maximum Gasteiger partial charge on any atom is 0.422 e. The van der Waals surface area contributed by atoms with Crippen LogP contribution in [0.1, 0.15) is 37.3 Å². The van der Waals surface area contributed by atoms with Gasteiger partial charge in [0.05, 0.1) is 0 Å². The Kier molecular flexibility index (Phi) is 6.69. The van der Waals surface area contributed by atoms with Gasteiger partial charge >= 0.3 is 6.18 Å². The Labute approximate surface area is 193 Å². The third kappa shape index (κ3) is 4.96. The second-order valence-electron chi connectivity index (χ2n) is 8.36. The van der Waals surface area contributed by atoms with E-state index in [4.69, 9.17) is 0 Å². The van der Waals surface area contributed by atoms with Crippen LogP contribution in [0.15, 0.2) is 66.7 Å². The van der Waals surface area contributed by atoms with Crippen molar-refractivity contribution in [3.05, 3.63) is 95.3 Å². The van der Waals surface area contributed by atoms with Crippen molar-refractivity contribution in [1.29, 1.82) is 0 Å². The van der Waals surface area contributed by atoms with Crippen molar-refractivity contribution in [1.82, 2.24) is 0 Å². The summed E-state index contributed by atoms with van der Waals surface area (Å²) >= 11 is 0. The Balaban J connectivity index is 1.64. The molecule has 0 unspecified atom stereocenters. The van der Waals surface area contributed by atoms with Gasteiger partial charge in [-0.3, -0.25) is 0 Å². The molecule has 0 aliphatic carbocycles. The summed E-state index contributed by atoms with van der Waals surface area (Å²) in [5, 5.41) is 2.07. The minimum Gasteiger partial charge on any atom is -0.206 e. The van der Waals surface area contributed by atoms with Gasteiger partial charge in [0, 0.05) is 5.56 Å². The highest BCUT2D eigenvalue weighted by Crippen LogP contribution is 2.37. The summed E-state index contributed by atoms with van der Waals surface area (Å²) in [6, 6.07) is 17.1. The summed E-state index contributed by atoms with van der Waals surface area (Å²) in [6.45, 7) is 2.16. The van der Waals surface area contributed by atoms with Gasteiger partial charge in [0.15, 0.2) is 0 Å². The van der Waals surface area contributed by atoms with Gasteiger partial charge in [0.1, 0.15) is 23.0 Å². The molecule has 0 fully saturated rings. The number of fused-ring (bicyclic) bond motifs is 1. The highest BCUT2D eigenvalue weighted by molar-refractivity contribution is 5.88. The Morgan fingerprint density at radius 1 is 0.618 bits per heavy atom. The fourth-order valence-electron chi connectivity index (χ4n) is 4.14. The van der Waals surface area contributed by atoms with Crippen LogP contribution < -0.4 is 0 Å². The highest BCUT2D eigenvalue weighted by Gasteiger charge is 2.38. The molecule has 4 aromatic carbocycles. The number of alkyl halides is 3. The van der Waals surface area contributed by atoms with E-state index >= 15 is 0 Å². The van der Waals surface area contributed by atoms with E-state index in [9.17, 15) is 26.3 Å². The molecular weight excluding hydrogens is 450 g/mol. The Bertz CT molecular complexity index is 1310. The topological polar surface area (TPSA) is 0 Å². The summed E-state index contributed by atoms with van der Waals surface area (Å²) in [5.74, 6) is -4.36. The van der Waals surface area contributed by atoms with E-state index < -0.39 is 29.2 Å². The highest BCUT2D eigenvalue weighted by atomic mass is 19.4. The van der Waals surface area contributed by atoms with Gasteiger partial charge in [-0.25, -0.2) is 13.2 Å². The number of hydrogen-bond donors (Lipinski definition) is 0. The van der Waals surface area contributed by atoms with Crippen LogP contribution in [0.3, 0.4) is 0 Å². The van der Waals surface area contributed by atoms with Crippen molar-refractivity contribution in [3.8, 4) is 22.3 Å². The molecule has 0 atom stereocenters. The molecule has 0 aliphatic heterocycles. The van der Waals surface area contributed by atoms with Gasteiger partial charge in [-0.15, -0.1) is 0 Å². The van der Waals surface area contributed by atoms with E-state index in [1.165, 1.54) is 24.1 Å². The van der Waals surface area contributed by atoms with Gasteiger partial charge < -0.3 is 0 Å². The molecule has 0 amide bonds. The number of halogens is 6. The maximum atomic E-state index is 14.9. The van der Waals surface area contributed by atoms with Crippen molar-refractivity contribution in [2.75, 3.05) is 0 Å². The molecule has 0 spiro atoms. The number of aryl methyl sites for hydroxylation is 1. The van der Waals surface area contributed by atoms with Gasteiger partial charge in [-0.2, -0.15) is 13.2 Å². The van der Waals surface area contributed by atoms with E-state index in [2.05, 4.69) is 19.1 Å². The van der Waals surface area contributed by atoms with Crippen LogP contribution in [-0.2, 0) is 12.6 Å². The quantitative estimate of drug-likeness (QED) is 0.194. The molecule has 0 N–H and O–H groups in total. The SMILES string of the molecule is CCCCCc1ccc2cc(-c3ccc(-c4cc(F)c(C(F)(F)F)c(F)c4)c(F)c3)ccc2c1. The van der Waals surface area contributed by atoms with E-state index in [0.29, 0.717) is 17.7 Å². The molecule has 0 saturated carbocycles. The summed E-state index contributed by atoms with van der Waals surface area (Å²) < 4.78 is 81.2. The molecule has 6 heteroatoms. The summed E-state index contributed by atoms with van der Waals surface area (Å²) in [4.78, 5) is 0. The molecule has 0 aliphatic rings. The second-order valence-corrected chi connectivity index (χ2v) is 8.36. The average Bonchev–Trinajstić information content (AvgIpc) is 2.77. The largest absolute Gasteiger partial charge is 0.422 e. The number of benzene rings is 4. The minimum atomic E-state index is -5.18. The van der Waals surface area contributed by atoms with Crippen LogP contribution in [0.4, 0.5) is 26.3 Å². The van der Waals surface area contributed by atoms with Crippen LogP contribution in [0, 0.1) is 17.5 Å². The van der Waals surface area contributed by atoms with Gasteiger partial charge in [-0.1, -0.05) is 62.2 Å². The third-order valence-corrected chi connectivity index (χ3v) is 5.91. The van der Waals surface area contributed by atoms with Crippen LogP contribution in [-0.4, -0.2) is 0 Å².